The molecule has 0 aliphatic rings. The van der Waals surface area contributed by atoms with E-state index < -0.39 is 5.97 Å². The lowest BCUT2D eigenvalue weighted by molar-refractivity contribution is -0.135. The molecule has 0 saturated carbocycles. The van der Waals surface area contributed by atoms with Gasteiger partial charge in [-0.25, -0.2) is 0 Å². The molecule has 0 amide bonds. The third-order valence-corrected chi connectivity index (χ3v) is 2.54. The summed E-state index contributed by atoms with van der Waals surface area (Å²) in [5.74, 6) is -0.172. The standard InChI is InChI=1S/C11H11BrO3/c1-7(5-11(13)14)8-3-4-10(15-2)9(12)6-8/h3-4,6H,1,5H2,2H3,(H,13,14). The van der Waals surface area contributed by atoms with Gasteiger partial charge in [0.15, 0.2) is 0 Å². The van der Waals surface area contributed by atoms with E-state index in [9.17, 15) is 4.79 Å². The lowest BCUT2D eigenvalue weighted by atomic mass is 10.0. The maximum Gasteiger partial charge on any atom is 0.307 e. The Balaban J connectivity index is 2.92. The zero-order chi connectivity index (χ0) is 11.4. The van der Waals surface area contributed by atoms with Crippen molar-refractivity contribution in [2.75, 3.05) is 7.11 Å². The second-order valence-electron chi connectivity index (χ2n) is 3.02. The van der Waals surface area contributed by atoms with Gasteiger partial charge in [0.1, 0.15) is 5.75 Å². The van der Waals surface area contributed by atoms with E-state index in [1.165, 1.54) is 0 Å². The molecule has 3 nitrogen and oxygen atoms in total. The van der Waals surface area contributed by atoms with Crippen LogP contribution in [0.3, 0.4) is 0 Å². The van der Waals surface area contributed by atoms with E-state index in [-0.39, 0.29) is 6.42 Å². The van der Waals surface area contributed by atoms with Crippen LogP contribution in [-0.2, 0) is 4.79 Å². The molecule has 4 heteroatoms. The number of carboxylic acids is 1. The Kier molecular flexibility index (Phi) is 3.91. The Labute approximate surface area is 96.5 Å². The molecule has 15 heavy (non-hydrogen) atoms. The second-order valence-corrected chi connectivity index (χ2v) is 3.88. The van der Waals surface area contributed by atoms with E-state index in [4.69, 9.17) is 9.84 Å². The maximum absolute atomic E-state index is 10.5. The number of rotatable bonds is 4. The monoisotopic (exact) mass is 270 g/mol. The first-order valence-corrected chi connectivity index (χ1v) is 5.07. The fraction of sp³-hybridized carbons (Fsp3) is 0.182. The Bertz CT molecular complexity index is 399. The number of ether oxygens (including phenoxy) is 1. The predicted octanol–water partition coefficient (Wildman–Crippen LogP) is 2.95. The number of methoxy groups -OCH3 is 1. The minimum Gasteiger partial charge on any atom is -0.496 e. The third kappa shape index (κ3) is 3.09. The molecular weight excluding hydrogens is 260 g/mol. The van der Waals surface area contributed by atoms with Gasteiger partial charge in [-0.2, -0.15) is 0 Å². The first-order valence-electron chi connectivity index (χ1n) is 4.28. The van der Waals surface area contributed by atoms with Crippen molar-refractivity contribution in [2.24, 2.45) is 0 Å². The molecule has 0 bridgehead atoms. The fourth-order valence-corrected chi connectivity index (χ4v) is 1.71. The van der Waals surface area contributed by atoms with Crippen molar-refractivity contribution in [1.29, 1.82) is 0 Å². The highest BCUT2D eigenvalue weighted by Gasteiger charge is 2.07. The van der Waals surface area contributed by atoms with Crippen LogP contribution in [0.15, 0.2) is 29.3 Å². The minimum atomic E-state index is -0.882. The number of carboxylic acid groups (broad SMARTS) is 1. The van der Waals surface area contributed by atoms with Crippen LogP contribution in [-0.4, -0.2) is 18.2 Å². The maximum atomic E-state index is 10.5. The molecule has 0 fully saturated rings. The van der Waals surface area contributed by atoms with Gasteiger partial charge in [-0.1, -0.05) is 12.6 Å². The van der Waals surface area contributed by atoms with Crippen molar-refractivity contribution in [3.8, 4) is 5.75 Å². The van der Waals surface area contributed by atoms with Crippen molar-refractivity contribution in [1.82, 2.24) is 0 Å². The third-order valence-electron chi connectivity index (χ3n) is 1.92. The van der Waals surface area contributed by atoms with Crippen LogP contribution < -0.4 is 4.74 Å². The van der Waals surface area contributed by atoms with Crippen LogP contribution >= 0.6 is 15.9 Å². The van der Waals surface area contributed by atoms with E-state index in [1.807, 2.05) is 0 Å². The molecule has 0 spiro atoms. The summed E-state index contributed by atoms with van der Waals surface area (Å²) in [7, 11) is 1.58. The van der Waals surface area contributed by atoms with Crippen LogP contribution in [0.4, 0.5) is 0 Å². The summed E-state index contributed by atoms with van der Waals surface area (Å²) in [6.07, 6.45) is -0.0568. The van der Waals surface area contributed by atoms with Gasteiger partial charge in [-0.3, -0.25) is 4.79 Å². The number of benzene rings is 1. The average Bonchev–Trinajstić information content (AvgIpc) is 2.16. The summed E-state index contributed by atoms with van der Waals surface area (Å²) >= 11 is 3.33. The molecule has 0 aliphatic heterocycles. The molecule has 1 N–H and O–H groups in total. The van der Waals surface area contributed by atoms with E-state index in [0.717, 1.165) is 10.0 Å². The lowest BCUT2D eigenvalue weighted by Gasteiger charge is -2.07. The number of hydrogen-bond acceptors (Lipinski definition) is 2. The Morgan fingerprint density at radius 1 is 1.60 bits per heavy atom. The summed E-state index contributed by atoms with van der Waals surface area (Å²) in [4.78, 5) is 10.5. The highest BCUT2D eigenvalue weighted by molar-refractivity contribution is 9.10. The highest BCUT2D eigenvalue weighted by atomic mass is 79.9. The van der Waals surface area contributed by atoms with Gasteiger partial charge < -0.3 is 9.84 Å². The molecule has 0 unspecified atom stereocenters. The second kappa shape index (κ2) is 4.98. The topological polar surface area (TPSA) is 46.5 Å². The van der Waals surface area contributed by atoms with Gasteiger partial charge in [0, 0.05) is 0 Å². The summed E-state index contributed by atoms with van der Waals surface area (Å²) in [6.45, 7) is 3.72. The van der Waals surface area contributed by atoms with Gasteiger partial charge in [-0.05, 0) is 39.2 Å². The SMILES string of the molecule is C=C(CC(=O)O)c1ccc(OC)c(Br)c1. The molecule has 1 aromatic carbocycles. The van der Waals surface area contributed by atoms with Gasteiger partial charge in [0.2, 0.25) is 0 Å². The van der Waals surface area contributed by atoms with Gasteiger partial charge in [0.05, 0.1) is 18.0 Å². The Morgan fingerprint density at radius 2 is 2.27 bits per heavy atom. The van der Waals surface area contributed by atoms with Crippen LogP contribution in [0, 0.1) is 0 Å². The smallest absolute Gasteiger partial charge is 0.307 e. The summed E-state index contributed by atoms with van der Waals surface area (Å²) in [5, 5.41) is 8.62. The zero-order valence-corrected chi connectivity index (χ0v) is 9.87. The first-order chi connectivity index (χ1) is 7.04. The van der Waals surface area contributed by atoms with Crippen molar-refractivity contribution < 1.29 is 14.6 Å². The summed E-state index contributed by atoms with van der Waals surface area (Å²) in [6, 6.07) is 5.35. The molecule has 0 aliphatic carbocycles. The van der Waals surface area contributed by atoms with Gasteiger partial charge in [-0.15, -0.1) is 0 Å². The van der Waals surface area contributed by atoms with E-state index in [0.29, 0.717) is 11.3 Å². The van der Waals surface area contributed by atoms with E-state index >= 15 is 0 Å². The molecule has 0 radical (unpaired) electrons. The van der Waals surface area contributed by atoms with E-state index in [2.05, 4.69) is 22.5 Å². The number of hydrogen-bond donors (Lipinski definition) is 1. The van der Waals surface area contributed by atoms with E-state index in [1.54, 1.807) is 25.3 Å². The quantitative estimate of drug-likeness (QED) is 0.915. The Hall–Kier alpha value is -1.29. The van der Waals surface area contributed by atoms with Crippen LogP contribution in [0.5, 0.6) is 5.75 Å². The van der Waals surface area contributed by atoms with Crippen molar-refractivity contribution in [3.05, 3.63) is 34.8 Å². The van der Waals surface area contributed by atoms with Crippen LogP contribution in [0.25, 0.3) is 5.57 Å². The Morgan fingerprint density at radius 3 is 2.73 bits per heavy atom. The lowest BCUT2D eigenvalue weighted by Crippen LogP contribution is -1.96. The van der Waals surface area contributed by atoms with Gasteiger partial charge >= 0.3 is 5.97 Å². The molecule has 0 heterocycles. The molecule has 1 rings (SSSR count). The van der Waals surface area contributed by atoms with Gasteiger partial charge in [0.25, 0.3) is 0 Å². The van der Waals surface area contributed by atoms with Crippen molar-refractivity contribution in [3.63, 3.8) is 0 Å². The zero-order valence-electron chi connectivity index (χ0n) is 8.29. The first kappa shape index (κ1) is 11.8. The average molecular weight is 271 g/mol. The fourth-order valence-electron chi connectivity index (χ4n) is 1.17. The number of aliphatic carboxylic acids is 1. The van der Waals surface area contributed by atoms with Crippen molar-refractivity contribution >= 4 is 27.5 Å². The van der Waals surface area contributed by atoms with Crippen molar-refractivity contribution in [2.45, 2.75) is 6.42 Å². The largest absolute Gasteiger partial charge is 0.496 e. The predicted molar refractivity (Wildman–Crippen MR) is 62.0 cm³/mol. The molecular formula is C11H11BrO3. The molecule has 0 saturated heterocycles. The van der Waals surface area contributed by atoms with Crippen LogP contribution in [0.2, 0.25) is 0 Å². The number of carbonyl (C=O) groups is 1. The summed E-state index contributed by atoms with van der Waals surface area (Å²) < 4.78 is 5.85. The summed E-state index contributed by atoms with van der Waals surface area (Å²) in [5.41, 5.74) is 1.37. The molecule has 0 atom stereocenters. The molecule has 80 valence electrons. The highest BCUT2D eigenvalue weighted by Crippen LogP contribution is 2.28. The molecule has 0 aromatic heterocycles. The van der Waals surface area contributed by atoms with Crippen LogP contribution in [0.1, 0.15) is 12.0 Å². The normalized spacial score (nSPS) is 9.73. The number of halogens is 1. The minimum absolute atomic E-state index is 0.0568. The molecule has 1 aromatic rings.